The number of hydrogen-bond donors (Lipinski definition) is 1. The lowest BCUT2D eigenvalue weighted by atomic mass is 10.1. The molecule has 0 aliphatic heterocycles. The molecule has 0 aliphatic carbocycles. The van der Waals surface area contributed by atoms with Gasteiger partial charge in [-0.15, -0.1) is 0 Å². The first kappa shape index (κ1) is 19.1. The Balaban J connectivity index is 2.00. The second-order valence-corrected chi connectivity index (χ2v) is 5.69. The molecule has 1 aromatic heterocycles. The highest BCUT2D eigenvalue weighted by Gasteiger charge is 2.09. The lowest BCUT2D eigenvalue weighted by Crippen LogP contribution is -2.04. The van der Waals surface area contributed by atoms with Crippen molar-refractivity contribution in [2.75, 3.05) is 13.7 Å². The maximum atomic E-state index is 13.8. The zero-order valence-electron chi connectivity index (χ0n) is 13.8. The fourth-order valence-electron chi connectivity index (χ4n) is 1.81. The molecule has 0 unspecified atom stereocenters. The lowest BCUT2D eigenvalue weighted by molar-refractivity contribution is -0.138. The molecule has 7 nitrogen and oxygen atoms in total. The first-order valence-corrected chi connectivity index (χ1v) is 8.21. The number of allylic oxidation sites excluding steroid dienone is 1. The zero-order chi connectivity index (χ0) is 18.9. The van der Waals surface area contributed by atoms with Gasteiger partial charge in [0.25, 0.3) is 5.19 Å². The summed E-state index contributed by atoms with van der Waals surface area (Å²) in [4.78, 5) is 19.2. The smallest absolute Gasteiger partial charge is 0.327 e. The van der Waals surface area contributed by atoms with E-state index < -0.39 is 11.8 Å². The fourth-order valence-corrected chi connectivity index (χ4v) is 2.49. The average molecular weight is 374 g/mol. The van der Waals surface area contributed by atoms with Crippen LogP contribution in [0, 0.1) is 17.1 Å². The highest BCUT2D eigenvalue weighted by atomic mass is 32.1. The monoisotopic (exact) mass is 374 g/mol. The number of aromatic nitrogens is 1. The van der Waals surface area contributed by atoms with E-state index in [1.807, 2.05) is 6.07 Å². The first-order valence-electron chi connectivity index (χ1n) is 7.33. The molecule has 0 fully saturated rings. The maximum Gasteiger partial charge on any atom is 0.327 e. The van der Waals surface area contributed by atoms with Gasteiger partial charge < -0.3 is 15.2 Å². The van der Waals surface area contributed by atoms with Crippen LogP contribution < -0.4 is 10.5 Å². The van der Waals surface area contributed by atoms with Crippen LogP contribution in [0.2, 0.25) is 0 Å². The number of carbonyl (C=O) groups is 1. The van der Waals surface area contributed by atoms with Crippen LogP contribution in [0.15, 0.2) is 34.8 Å². The van der Waals surface area contributed by atoms with E-state index in [0.29, 0.717) is 22.0 Å². The molecule has 0 spiro atoms. The van der Waals surface area contributed by atoms with Crippen LogP contribution in [0.5, 0.6) is 5.19 Å². The molecule has 1 heterocycles. The van der Waals surface area contributed by atoms with Gasteiger partial charge in [0.15, 0.2) is 0 Å². The van der Waals surface area contributed by atoms with Crippen LogP contribution in [-0.2, 0) is 16.1 Å². The molecule has 0 saturated heterocycles. The zero-order valence-corrected chi connectivity index (χ0v) is 14.6. The number of halogens is 1. The Morgan fingerprint density at radius 1 is 1.54 bits per heavy atom. The number of thiazole rings is 1. The van der Waals surface area contributed by atoms with E-state index in [2.05, 4.69) is 14.7 Å². The van der Waals surface area contributed by atoms with Gasteiger partial charge >= 0.3 is 5.97 Å². The molecular weight excluding hydrogens is 359 g/mol. The largest absolute Gasteiger partial charge is 0.468 e. The number of esters is 1. The molecule has 0 bridgehead atoms. The Hall–Kier alpha value is -3.25. The fraction of sp³-hybridized carbons (Fsp3) is 0.176. The van der Waals surface area contributed by atoms with Gasteiger partial charge in [0.1, 0.15) is 19.0 Å². The van der Waals surface area contributed by atoms with Crippen LogP contribution in [0.1, 0.15) is 16.8 Å². The van der Waals surface area contributed by atoms with Crippen molar-refractivity contribution in [3.05, 3.63) is 52.4 Å². The van der Waals surface area contributed by atoms with Crippen molar-refractivity contribution < 1.29 is 18.7 Å². The Kier molecular flexibility index (Phi) is 6.82. The number of aliphatic imine (C=N–C) groups is 1. The summed E-state index contributed by atoms with van der Waals surface area (Å²) < 4.78 is 23.8. The van der Waals surface area contributed by atoms with Crippen LogP contribution in [0.4, 0.5) is 4.39 Å². The average Bonchev–Trinajstić information content (AvgIpc) is 3.12. The third kappa shape index (κ3) is 5.12. The predicted molar refractivity (Wildman–Crippen MR) is 95.1 cm³/mol. The second kappa shape index (κ2) is 9.29. The SMILES string of the molecule is COC(=O)CN=C/C(=C\N)c1csc(OCc2ccc(C#N)cc2F)n1. The summed E-state index contributed by atoms with van der Waals surface area (Å²) in [5.74, 6) is -0.984. The van der Waals surface area contributed by atoms with Gasteiger partial charge in [0.2, 0.25) is 0 Å². The predicted octanol–water partition coefficient (Wildman–Crippen LogP) is 2.28. The van der Waals surface area contributed by atoms with Crippen molar-refractivity contribution in [2.45, 2.75) is 6.61 Å². The normalized spacial score (nSPS) is 11.3. The molecular formula is C17H15FN4O3S. The van der Waals surface area contributed by atoms with Crippen molar-refractivity contribution in [3.63, 3.8) is 0 Å². The summed E-state index contributed by atoms with van der Waals surface area (Å²) >= 11 is 1.21. The lowest BCUT2D eigenvalue weighted by Gasteiger charge is -2.04. The van der Waals surface area contributed by atoms with E-state index in [0.717, 1.165) is 6.07 Å². The van der Waals surface area contributed by atoms with Crippen LogP contribution in [-0.4, -0.2) is 30.8 Å². The minimum absolute atomic E-state index is 0.0252. The van der Waals surface area contributed by atoms with Crippen molar-refractivity contribution in [3.8, 4) is 11.3 Å². The molecule has 9 heteroatoms. The van der Waals surface area contributed by atoms with Crippen molar-refractivity contribution >= 4 is 29.1 Å². The van der Waals surface area contributed by atoms with Crippen LogP contribution in [0.25, 0.3) is 5.57 Å². The molecule has 2 rings (SSSR count). The van der Waals surface area contributed by atoms with Crippen molar-refractivity contribution in [1.29, 1.82) is 5.26 Å². The van der Waals surface area contributed by atoms with E-state index in [1.165, 1.54) is 43.0 Å². The summed E-state index contributed by atoms with van der Waals surface area (Å²) in [5, 5.41) is 10.8. The van der Waals surface area contributed by atoms with E-state index in [-0.39, 0.29) is 18.7 Å². The summed E-state index contributed by atoms with van der Waals surface area (Å²) in [7, 11) is 1.28. The number of benzene rings is 1. The molecule has 0 radical (unpaired) electrons. The summed E-state index contributed by atoms with van der Waals surface area (Å²) in [6.45, 7) is -0.151. The van der Waals surface area contributed by atoms with Gasteiger partial charge in [-0.1, -0.05) is 17.4 Å². The Morgan fingerprint density at radius 3 is 3.00 bits per heavy atom. The number of hydrogen-bond acceptors (Lipinski definition) is 8. The molecule has 2 aromatic rings. The second-order valence-electron chi connectivity index (χ2n) is 4.87. The summed E-state index contributed by atoms with van der Waals surface area (Å²) in [6.07, 6.45) is 2.72. The third-order valence-electron chi connectivity index (χ3n) is 3.17. The van der Waals surface area contributed by atoms with Gasteiger partial charge in [0, 0.05) is 28.9 Å². The number of carbonyl (C=O) groups excluding carboxylic acids is 1. The highest BCUT2D eigenvalue weighted by Crippen LogP contribution is 2.23. The van der Waals surface area contributed by atoms with Gasteiger partial charge in [-0.05, 0) is 12.1 Å². The minimum Gasteiger partial charge on any atom is -0.468 e. The number of nitrogens with two attached hydrogens (primary N) is 1. The Morgan fingerprint density at radius 2 is 2.35 bits per heavy atom. The summed E-state index contributed by atoms with van der Waals surface area (Å²) in [6, 6.07) is 6.03. The third-order valence-corrected chi connectivity index (χ3v) is 3.92. The van der Waals surface area contributed by atoms with E-state index in [4.69, 9.17) is 15.7 Å². The minimum atomic E-state index is -0.515. The number of ether oxygens (including phenoxy) is 2. The van der Waals surface area contributed by atoms with E-state index in [1.54, 1.807) is 5.38 Å². The van der Waals surface area contributed by atoms with Gasteiger partial charge in [-0.2, -0.15) is 5.26 Å². The molecule has 0 saturated carbocycles. The van der Waals surface area contributed by atoms with Gasteiger partial charge in [0.05, 0.1) is 24.4 Å². The van der Waals surface area contributed by atoms with Crippen LogP contribution >= 0.6 is 11.3 Å². The van der Waals surface area contributed by atoms with Gasteiger partial charge in [-0.25, -0.2) is 9.37 Å². The quantitative estimate of drug-likeness (QED) is 0.588. The molecule has 134 valence electrons. The van der Waals surface area contributed by atoms with Crippen molar-refractivity contribution in [2.24, 2.45) is 10.7 Å². The molecule has 0 amide bonds. The summed E-state index contributed by atoms with van der Waals surface area (Å²) in [5.41, 5.74) is 7.13. The maximum absolute atomic E-state index is 13.8. The van der Waals surface area contributed by atoms with Crippen LogP contribution in [0.3, 0.4) is 0 Å². The van der Waals surface area contributed by atoms with E-state index in [9.17, 15) is 9.18 Å². The number of nitriles is 1. The molecule has 2 N–H and O–H groups in total. The molecule has 1 aromatic carbocycles. The highest BCUT2D eigenvalue weighted by molar-refractivity contribution is 7.11. The number of nitrogens with zero attached hydrogens (tertiary/aromatic N) is 3. The standard InChI is InChI=1S/C17H15FN4O3S/c1-24-16(23)8-21-7-13(6-20)15-10-26-17(22-15)25-9-12-3-2-11(5-19)4-14(12)18/h2-4,6-7,10H,8-9,20H2,1H3/b13-6+,21-7?. The number of methoxy groups -OCH3 is 1. The number of rotatable bonds is 7. The molecule has 0 aliphatic rings. The Labute approximate surface area is 153 Å². The van der Waals surface area contributed by atoms with E-state index >= 15 is 0 Å². The molecule has 0 atom stereocenters. The van der Waals surface area contributed by atoms with Crippen molar-refractivity contribution in [1.82, 2.24) is 4.98 Å². The Bertz CT molecular complexity index is 886. The first-order chi connectivity index (χ1) is 12.6. The topological polar surface area (TPSA) is 111 Å². The van der Waals surface area contributed by atoms with Gasteiger partial charge in [-0.3, -0.25) is 9.79 Å². The molecule has 26 heavy (non-hydrogen) atoms.